The molecule has 1 aromatic heterocycles. The average molecular weight is 346 g/mol. The van der Waals surface area contributed by atoms with Crippen molar-refractivity contribution < 1.29 is 4.42 Å². The Bertz CT molecular complexity index is 692. The fourth-order valence-corrected chi connectivity index (χ4v) is 5.55. The van der Waals surface area contributed by atoms with Crippen LogP contribution in [0.25, 0.3) is 11.0 Å². The summed E-state index contributed by atoms with van der Waals surface area (Å²) in [7, 11) is 0. The molecule has 0 aliphatic heterocycles. The van der Waals surface area contributed by atoms with Crippen molar-refractivity contribution in [3.05, 3.63) is 34.5 Å². The Kier molecular flexibility index (Phi) is 2.64. The summed E-state index contributed by atoms with van der Waals surface area (Å²) in [5.41, 5.74) is 0.984. The van der Waals surface area contributed by atoms with Gasteiger partial charge in [0.2, 0.25) is 0 Å². The van der Waals surface area contributed by atoms with Crippen LogP contribution in [0.4, 0.5) is 0 Å². The van der Waals surface area contributed by atoms with E-state index < -0.39 is 0 Å². The van der Waals surface area contributed by atoms with E-state index in [4.69, 9.17) is 4.42 Å². The summed E-state index contributed by atoms with van der Waals surface area (Å²) < 4.78 is 7.13. The molecular formula is C18H20BrNO. The zero-order valence-corrected chi connectivity index (χ0v) is 13.8. The number of halogens is 1. The summed E-state index contributed by atoms with van der Waals surface area (Å²) in [6, 6.07) is 9.46. The van der Waals surface area contributed by atoms with Crippen molar-refractivity contribution in [2.45, 2.75) is 38.3 Å². The summed E-state index contributed by atoms with van der Waals surface area (Å²) in [5, 5.41) is 5.03. The third-order valence-corrected chi connectivity index (χ3v) is 6.60. The quantitative estimate of drug-likeness (QED) is 0.856. The van der Waals surface area contributed by atoms with Crippen LogP contribution in [-0.4, -0.2) is 6.04 Å². The van der Waals surface area contributed by atoms with Gasteiger partial charge in [0.05, 0.1) is 6.04 Å². The van der Waals surface area contributed by atoms with Crippen molar-refractivity contribution in [2.75, 3.05) is 0 Å². The van der Waals surface area contributed by atoms with Crippen LogP contribution in [0.15, 0.2) is 33.2 Å². The zero-order chi connectivity index (χ0) is 14.1. The van der Waals surface area contributed by atoms with Gasteiger partial charge in [0.1, 0.15) is 11.3 Å². The number of fused-ring (bicyclic) bond motifs is 6. The van der Waals surface area contributed by atoms with Crippen LogP contribution in [0.3, 0.4) is 0 Å². The first-order chi connectivity index (χ1) is 10.2. The fourth-order valence-electron chi connectivity index (χ4n) is 5.17. The molecule has 3 aliphatic carbocycles. The Labute approximate surface area is 133 Å². The third-order valence-electron chi connectivity index (χ3n) is 6.10. The van der Waals surface area contributed by atoms with Gasteiger partial charge in [-0.3, -0.25) is 0 Å². The van der Waals surface area contributed by atoms with E-state index in [1.54, 1.807) is 0 Å². The lowest BCUT2D eigenvalue weighted by Gasteiger charge is -2.15. The van der Waals surface area contributed by atoms with E-state index in [0.717, 1.165) is 45.5 Å². The van der Waals surface area contributed by atoms with Crippen LogP contribution in [0.1, 0.15) is 38.0 Å². The zero-order valence-electron chi connectivity index (χ0n) is 12.2. The minimum absolute atomic E-state index is 0.311. The van der Waals surface area contributed by atoms with E-state index in [2.05, 4.69) is 40.3 Å². The molecular weight excluding hydrogens is 326 g/mol. The van der Waals surface area contributed by atoms with Gasteiger partial charge in [-0.05, 0) is 74.1 Å². The highest BCUT2D eigenvalue weighted by molar-refractivity contribution is 9.10. The van der Waals surface area contributed by atoms with Gasteiger partial charge in [-0.15, -0.1) is 0 Å². The normalized spacial score (nSPS) is 37.9. The molecule has 1 aromatic carbocycles. The van der Waals surface area contributed by atoms with Gasteiger partial charge in [-0.25, -0.2) is 0 Å². The molecule has 5 unspecified atom stereocenters. The van der Waals surface area contributed by atoms with Gasteiger partial charge in [0.25, 0.3) is 0 Å². The molecule has 0 radical (unpaired) electrons. The molecule has 3 saturated carbocycles. The van der Waals surface area contributed by atoms with Crippen LogP contribution in [0, 0.1) is 23.7 Å². The number of nitrogens with one attached hydrogen (secondary N) is 1. The first-order valence-electron chi connectivity index (χ1n) is 8.16. The van der Waals surface area contributed by atoms with Gasteiger partial charge < -0.3 is 9.73 Å². The smallest absolute Gasteiger partial charge is 0.134 e. The third kappa shape index (κ3) is 1.86. The van der Waals surface area contributed by atoms with Gasteiger partial charge in [0, 0.05) is 15.9 Å². The summed E-state index contributed by atoms with van der Waals surface area (Å²) in [6.45, 7) is 2.24. The summed E-state index contributed by atoms with van der Waals surface area (Å²) >= 11 is 3.52. The van der Waals surface area contributed by atoms with Crippen molar-refractivity contribution in [1.29, 1.82) is 0 Å². The standard InChI is InChI=1S/C18H20BrNO/c1-9(15-8-12-7-13(19)4-5-14(12)21-15)20-18-16-10-2-3-11(6-10)17(16)18/h4-5,7-11,16-18,20H,2-3,6H2,1H3. The van der Waals surface area contributed by atoms with Gasteiger partial charge in [-0.2, -0.15) is 0 Å². The molecule has 2 nitrogen and oxygen atoms in total. The second kappa shape index (κ2) is 4.36. The minimum Gasteiger partial charge on any atom is -0.459 e. The molecule has 2 bridgehead atoms. The second-order valence-corrected chi connectivity index (χ2v) is 8.15. The number of hydrogen-bond acceptors (Lipinski definition) is 2. The van der Waals surface area contributed by atoms with Crippen LogP contribution < -0.4 is 5.32 Å². The van der Waals surface area contributed by atoms with Crippen LogP contribution >= 0.6 is 15.9 Å². The molecule has 0 spiro atoms. The second-order valence-electron chi connectivity index (χ2n) is 7.23. The Hall–Kier alpha value is -0.800. The predicted molar refractivity (Wildman–Crippen MR) is 87.1 cm³/mol. The number of hydrogen-bond donors (Lipinski definition) is 1. The van der Waals surface area contributed by atoms with Crippen LogP contribution in [0.5, 0.6) is 0 Å². The topological polar surface area (TPSA) is 25.2 Å². The molecule has 21 heavy (non-hydrogen) atoms. The van der Waals surface area contributed by atoms with Crippen molar-refractivity contribution in [3.63, 3.8) is 0 Å². The summed E-state index contributed by atoms with van der Waals surface area (Å²) in [4.78, 5) is 0. The lowest BCUT2D eigenvalue weighted by atomic mass is 10.0. The lowest BCUT2D eigenvalue weighted by Crippen LogP contribution is -2.25. The molecule has 5 rings (SSSR count). The highest BCUT2D eigenvalue weighted by atomic mass is 79.9. The molecule has 3 fully saturated rings. The first-order valence-corrected chi connectivity index (χ1v) is 8.95. The highest BCUT2D eigenvalue weighted by Crippen LogP contribution is 2.65. The molecule has 0 amide bonds. The Morgan fingerprint density at radius 3 is 2.71 bits per heavy atom. The molecule has 0 saturated heterocycles. The first kappa shape index (κ1) is 12.7. The molecule has 5 atom stereocenters. The van der Waals surface area contributed by atoms with Gasteiger partial charge >= 0.3 is 0 Å². The molecule has 110 valence electrons. The van der Waals surface area contributed by atoms with Crippen LogP contribution in [-0.2, 0) is 0 Å². The molecule has 1 N–H and O–H groups in total. The van der Waals surface area contributed by atoms with E-state index in [9.17, 15) is 0 Å². The van der Waals surface area contributed by atoms with Gasteiger partial charge in [-0.1, -0.05) is 15.9 Å². The maximum Gasteiger partial charge on any atom is 0.134 e. The average Bonchev–Trinajstić information content (AvgIpc) is 2.88. The predicted octanol–water partition coefficient (Wildman–Crippen LogP) is 4.89. The monoisotopic (exact) mass is 345 g/mol. The van der Waals surface area contributed by atoms with E-state index >= 15 is 0 Å². The Morgan fingerprint density at radius 1 is 1.19 bits per heavy atom. The Morgan fingerprint density at radius 2 is 1.95 bits per heavy atom. The Balaban J connectivity index is 1.35. The maximum absolute atomic E-state index is 6.02. The van der Waals surface area contributed by atoms with E-state index in [1.807, 2.05) is 12.1 Å². The van der Waals surface area contributed by atoms with E-state index in [0.29, 0.717) is 6.04 Å². The fraction of sp³-hybridized carbons (Fsp3) is 0.556. The molecule has 2 aromatic rings. The number of benzene rings is 1. The van der Waals surface area contributed by atoms with Crippen LogP contribution in [0.2, 0.25) is 0 Å². The van der Waals surface area contributed by atoms with Crippen molar-refractivity contribution in [1.82, 2.24) is 5.32 Å². The SMILES string of the molecule is CC(NC1C2C3CCC(C3)C12)c1cc2cc(Br)ccc2o1. The largest absolute Gasteiger partial charge is 0.459 e. The van der Waals surface area contributed by atoms with Gasteiger partial charge in [0.15, 0.2) is 0 Å². The molecule has 3 aliphatic rings. The maximum atomic E-state index is 6.02. The number of rotatable bonds is 3. The summed E-state index contributed by atoms with van der Waals surface area (Å²) in [6.07, 6.45) is 4.48. The molecule has 3 heteroatoms. The van der Waals surface area contributed by atoms with E-state index in [1.165, 1.54) is 24.6 Å². The molecule has 1 heterocycles. The van der Waals surface area contributed by atoms with Crippen molar-refractivity contribution in [2.24, 2.45) is 23.7 Å². The highest BCUT2D eigenvalue weighted by Gasteiger charge is 2.64. The van der Waals surface area contributed by atoms with Crippen molar-refractivity contribution in [3.8, 4) is 0 Å². The van der Waals surface area contributed by atoms with E-state index in [-0.39, 0.29) is 0 Å². The van der Waals surface area contributed by atoms with Crippen molar-refractivity contribution >= 4 is 26.9 Å². The minimum atomic E-state index is 0.311. The lowest BCUT2D eigenvalue weighted by molar-refractivity contribution is 0.396. The summed E-state index contributed by atoms with van der Waals surface area (Å²) in [5.74, 6) is 5.07. The number of furan rings is 1.